The third-order valence-electron chi connectivity index (χ3n) is 8.52. The fourth-order valence-electron chi connectivity index (χ4n) is 7.19. The van der Waals surface area contributed by atoms with E-state index in [1.807, 2.05) is 31.2 Å². The molecule has 5 aliphatic rings. The van der Waals surface area contributed by atoms with Gasteiger partial charge < -0.3 is 0 Å². The number of aryl methyl sites for hydroxylation is 1. The Labute approximate surface area is 201 Å². The molecule has 1 aromatic carbocycles. The van der Waals surface area contributed by atoms with Crippen LogP contribution in [0.1, 0.15) is 60.9 Å². The van der Waals surface area contributed by atoms with Crippen molar-refractivity contribution in [2.24, 2.45) is 23.2 Å². The molecule has 180 valence electrons. The molecule has 0 radical (unpaired) electrons. The third kappa shape index (κ3) is 4.05. The lowest BCUT2D eigenvalue weighted by atomic mass is 9.49. The van der Waals surface area contributed by atoms with Crippen LogP contribution < -0.4 is 5.32 Å². The molecule has 0 atom stereocenters. The SMILES string of the molecule is Cc1ccc(CS(=O)(=O)N2CCc3cnc(NC(=O)C45CC6CC(CC(C6)C4)C5)nc3C2)cc1. The Balaban J connectivity index is 1.17. The van der Waals surface area contributed by atoms with Gasteiger partial charge in [-0.1, -0.05) is 29.8 Å². The minimum Gasteiger partial charge on any atom is -0.294 e. The Morgan fingerprint density at radius 1 is 1.09 bits per heavy atom. The Morgan fingerprint density at radius 2 is 1.74 bits per heavy atom. The largest absolute Gasteiger partial charge is 0.294 e. The van der Waals surface area contributed by atoms with Crippen LogP contribution in [-0.2, 0) is 33.5 Å². The van der Waals surface area contributed by atoms with Gasteiger partial charge in [0.25, 0.3) is 0 Å². The number of aromatic nitrogens is 2. The number of benzene rings is 1. The number of anilines is 1. The summed E-state index contributed by atoms with van der Waals surface area (Å²) in [6.45, 7) is 2.62. The van der Waals surface area contributed by atoms with Crippen LogP contribution in [-0.4, -0.2) is 35.1 Å². The number of sulfonamides is 1. The molecule has 0 spiro atoms. The first kappa shape index (κ1) is 22.2. The van der Waals surface area contributed by atoms with Gasteiger partial charge in [0.15, 0.2) is 0 Å². The molecule has 7 nitrogen and oxygen atoms in total. The van der Waals surface area contributed by atoms with Gasteiger partial charge in [-0.05, 0) is 80.8 Å². The molecule has 4 bridgehead atoms. The molecular weight excluding hydrogens is 448 g/mol. The van der Waals surface area contributed by atoms with Crippen LogP contribution in [0, 0.1) is 30.1 Å². The predicted molar refractivity (Wildman–Crippen MR) is 129 cm³/mol. The van der Waals surface area contributed by atoms with E-state index in [0.717, 1.165) is 36.0 Å². The van der Waals surface area contributed by atoms with Gasteiger partial charge in [0.05, 0.1) is 23.4 Å². The molecule has 4 fully saturated rings. The average Bonchev–Trinajstić information content (AvgIpc) is 2.79. The lowest BCUT2D eigenvalue weighted by molar-refractivity contribution is -0.140. The summed E-state index contributed by atoms with van der Waals surface area (Å²) in [6, 6.07) is 7.60. The molecular formula is C26H32N4O3S. The van der Waals surface area contributed by atoms with Gasteiger partial charge in [-0.25, -0.2) is 18.4 Å². The second kappa shape index (κ2) is 8.12. The first-order valence-corrected chi connectivity index (χ1v) is 14.1. The number of rotatable bonds is 5. The van der Waals surface area contributed by atoms with Crippen molar-refractivity contribution < 1.29 is 13.2 Å². The first-order chi connectivity index (χ1) is 16.3. The van der Waals surface area contributed by atoms with Crippen LogP contribution in [0.25, 0.3) is 0 Å². The van der Waals surface area contributed by atoms with E-state index in [4.69, 9.17) is 0 Å². The lowest BCUT2D eigenvalue weighted by Crippen LogP contribution is -2.52. The van der Waals surface area contributed by atoms with Crippen LogP contribution >= 0.6 is 0 Å². The molecule has 1 aliphatic heterocycles. The van der Waals surface area contributed by atoms with Crippen molar-refractivity contribution in [1.82, 2.24) is 14.3 Å². The van der Waals surface area contributed by atoms with Gasteiger partial charge in [-0.3, -0.25) is 10.1 Å². The highest BCUT2D eigenvalue weighted by molar-refractivity contribution is 7.88. The van der Waals surface area contributed by atoms with Gasteiger partial charge in [0.1, 0.15) is 0 Å². The van der Waals surface area contributed by atoms with Gasteiger partial charge >= 0.3 is 0 Å². The minimum atomic E-state index is -3.47. The smallest absolute Gasteiger partial charge is 0.232 e. The molecule has 0 unspecified atom stereocenters. The molecule has 4 saturated carbocycles. The quantitative estimate of drug-likeness (QED) is 0.702. The van der Waals surface area contributed by atoms with Crippen molar-refractivity contribution in [3.63, 3.8) is 0 Å². The van der Waals surface area contributed by atoms with Crippen molar-refractivity contribution in [1.29, 1.82) is 0 Å². The molecule has 1 amide bonds. The normalized spacial score (nSPS) is 30.2. The van der Waals surface area contributed by atoms with E-state index >= 15 is 0 Å². The summed E-state index contributed by atoms with van der Waals surface area (Å²) in [6.07, 6.45) is 9.15. The number of carbonyl (C=O) groups is 1. The van der Waals surface area contributed by atoms with Crippen LogP contribution in [0.4, 0.5) is 5.95 Å². The molecule has 2 aromatic rings. The van der Waals surface area contributed by atoms with E-state index in [0.29, 0.717) is 42.4 Å². The van der Waals surface area contributed by atoms with Crippen molar-refractivity contribution in [2.45, 2.75) is 64.2 Å². The number of hydrogen-bond acceptors (Lipinski definition) is 5. The van der Waals surface area contributed by atoms with Crippen molar-refractivity contribution >= 4 is 21.9 Å². The summed E-state index contributed by atoms with van der Waals surface area (Å²) in [4.78, 5) is 22.4. The van der Waals surface area contributed by atoms with Crippen LogP contribution in [0.2, 0.25) is 0 Å². The maximum Gasteiger partial charge on any atom is 0.232 e. The molecule has 8 heteroatoms. The van der Waals surface area contributed by atoms with E-state index in [9.17, 15) is 13.2 Å². The zero-order chi connectivity index (χ0) is 23.5. The summed E-state index contributed by atoms with van der Waals surface area (Å²) in [5.41, 5.74) is 3.26. The highest BCUT2D eigenvalue weighted by Gasteiger charge is 2.54. The average molecular weight is 481 g/mol. The van der Waals surface area contributed by atoms with E-state index in [1.54, 1.807) is 6.20 Å². The van der Waals surface area contributed by atoms with Crippen molar-refractivity contribution in [3.05, 3.63) is 52.8 Å². The molecule has 2 heterocycles. The second-order valence-corrected chi connectivity index (χ2v) is 13.1. The molecule has 4 aliphatic carbocycles. The molecule has 1 aromatic heterocycles. The van der Waals surface area contributed by atoms with Gasteiger partial charge in [0.2, 0.25) is 21.9 Å². The molecule has 1 N–H and O–H groups in total. The third-order valence-corrected chi connectivity index (χ3v) is 10.3. The number of amides is 1. The Morgan fingerprint density at radius 3 is 2.38 bits per heavy atom. The van der Waals surface area contributed by atoms with Gasteiger partial charge in [-0.15, -0.1) is 0 Å². The monoisotopic (exact) mass is 480 g/mol. The Kier molecular flexibility index (Phi) is 5.30. The number of nitrogens with zero attached hydrogens (tertiary/aromatic N) is 3. The van der Waals surface area contributed by atoms with Crippen molar-refractivity contribution in [3.8, 4) is 0 Å². The van der Waals surface area contributed by atoms with Crippen LogP contribution in [0.3, 0.4) is 0 Å². The number of carbonyl (C=O) groups excluding carboxylic acids is 1. The summed E-state index contributed by atoms with van der Waals surface area (Å²) < 4.78 is 27.7. The standard InChI is InChI=1S/C26H32N4O3S/c1-17-2-4-18(5-3-17)16-34(32,33)30-7-6-22-14-27-25(28-23(22)15-30)29-24(31)26-11-19-8-20(12-26)10-21(9-19)13-26/h2-5,14,19-21H,6-13,15-16H2,1H3,(H,27,28,29,31). The topological polar surface area (TPSA) is 92.3 Å². The summed E-state index contributed by atoms with van der Waals surface area (Å²) >= 11 is 0. The maximum absolute atomic E-state index is 13.4. The Bertz CT molecular complexity index is 1190. The van der Waals surface area contributed by atoms with E-state index in [2.05, 4.69) is 15.3 Å². The molecule has 34 heavy (non-hydrogen) atoms. The van der Waals surface area contributed by atoms with Crippen LogP contribution in [0.5, 0.6) is 0 Å². The number of fused-ring (bicyclic) bond motifs is 1. The molecule has 0 saturated heterocycles. The minimum absolute atomic E-state index is 0.0245. The summed E-state index contributed by atoms with van der Waals surface area (Å²) in [7, 11) is -3.47. The number of nitrogens with one attached hydrogen (secondary N) is 1. The van der Waals surface area contributed by atoms with E-state index < -0.39 is 10.0 Å². The zero-order valence-electron chi connectivity index (χ0n) is 19.7. The molecule has 7 rings (SSSR count). The summed E-state index contributed by atoms with van der Waals surface area (Å²) in [5.74, 6) is 2.41. The fraction of sp³-hybridized carbons (Fsp3) is 0.577. The van der Waals surface area contributed by atoms with Crippen molar-refractivity contribution in [2.75, 3.05) is 11.9 Å². The zero-order valence-corrected chi connectivity index (χ0v) is 20.5. The van der Waals surface area contributed by atoms with E-state index in [-0.39, 0.29) is 23.6 Å². The lowest BCUT2D eigenvalue weighted by Gasteiger charge is -2.55. The highest BCUT2D eigenvalue weighted by atomic mass is 32.2. The first-order valence-electron chi connectivity index (χ1n) is 12.5. The van der Waals surface area contributed by atoms with E-state index in [1.165, 1.54) is 23.6 Å². The van der Waals surface area contributed by atoms with Gasteiger partial charge in [0, 0.05) is 12.7 Å². The summed E-state index contributed by atoms with van der Waals surface area (Å²) in [5, 5.41) is 3.02. The highest BCUT2D eigenvalue weighted by Crippen LogP contribution is 2.60. The second-order valence-electron chi connectivity index (χ2n) is 11.1. The van der Waals surface area contributed by atoms with Crippen LogP contribution in [0.15, 0.2) is 30.5 Å². The Hall–Kier alpha value is -2.32. The number of hydrogen-bond donors (Lipinski definition) is 1. The fourth-order valence-corrected chi connectivity index (χ4v) is 8.67. The maximum atomic E-state index is 13.4. The predicted octanol–water partition coefficient (Wildman–Crippen LogP) is 3.83. The van der Waals surface area contributed by atoms with Gasteiger partial charge in [-0.2, -0.15) is 4.31 Å².